The molecule has 0 saturated heterocycles. The highest BCUT2D eigenvalue weighted by Crippen LogP contribution is 2.22. The van der Waals surface area contributed by atoms with Gasteiger partial charge in [-0.05, 0) is 39.7 Å². The van der Waals surface area contributed by atoms with Gasteiger partial charge in [-0.3, -0.25) is 4.79 Å². The second-order valence-electron chi connectivity index (χ2n) is 5.27. The summed E-state index contributed by atoms with van der Waals surface area (Å²) in [6, 6.07) is 2.45. The van der Waals surface area contributed by atoms with Crippen molar-refractivity contribution in [2.75, 3.05) is 0 Å². The molecule has 0 N–H and O–H groups in total. The van der Waals surface area contributed by atoms with Gasteiger partial charge in [-0.1, -0.05) is 13.8 Å². The van der Waals surface area contributed by atoms with Crippen molar-refractivity contribution in [3.63, 3.8) is 0 Å². The van der Waals surface area contributed by atoms with Crippen molar-refractivity contribution in [2.24, 2.45) is 5.92 Å². The van der Waals surface area contributed by atoms with Gasteiger partial charge in [-0.15, -0.1) is 0 Å². The Kier molecular flexibility index (Phi) is 3.95. The number of carbonyl (C=O) groups excluding carboxylic acids is 1. The maximum Gasteiger partial charge on any atom is 0.164 e. The van der Waals surface area contributed by atoms with Crippen molar-refractivity contribution in [1.82, 2.24) is 4.57 Å². The van der Waals surface area contributed by atoms with E-state index in [-0.39, 0.29) is 5.78 Å². The van der Waals surface area contributed by atoms with E-state index >= 15 is 0 Å². The number of hydrogen-bond donors (Lipinski definition) is 0. The Hall–Kier alpha value is -1.05. The first-order valence-electron chi connectivity index (χ1n) is 6.06. The fraction of sp³-hybridized carbons (Fsp3) is 0.643. The van der Waals surface area contributed by atoms with Crippen LogP contribution >= 0.6 is 0 Å². The van der Waals surface area contributed by atoms with Gasteiger partial charge in [0.15, 0.2) is 5.78 Å². The highest BCUT2D eigenvalue weighted by Gasteiger charge is 2.17. The lowest BCUT2D eigenvalue weighted by atomic mass is 10.0. The zero-order chi connectivity index (χ0) is 12.5. The van der Waals surface area contributed by atoms with Gasteiger partial charge in [0.1, 0.15) is 0 Å². The zero-order valence-corrected chi connectivity index (χ0v) is 11.3. The zero-order valence-electron chi connectivity index (χ0n) is 11.3. The largest absolute Gasteiger partial charge is 0.346 e. The van der Waals surface area contributed by atoms with Crippen LogP contribution in [-0.2, 0) is 0 Å². The number of ketones is 1. The number of hydrogen-bond acceptors (Lipinski definition) is 1. The van der Waals surface area contributed by atoms with Gasteiger partial charge in [0.05, 0.1) is 0 Å². The minimum Gasteiger partial charge on any atom is -0.346 e. The smallest absolute Gasteiger partial charge is 0.164 e. The summed E-state index contributed by atoms with van der Waals surface area (Å²) in [4.78, 5) is 12.1. The van der Waals surface area contributed by atoms with Gasteiger partial charge in [0.2, 0.25) is 0 Å². The van der Waals surface area contributed by atoms with Crippen LogP contribution < -0.4 is 0 Å². The summed E-state index contributed by atoms with van der Waals surface area (Å²) in [5.74, 6) is 0.699. The van der Waals surface area contributed by atoms with E-state index in [1.54, 1.807) is 0 Å². The van der Waals surface area contributed by atoms with Crippen molar-refractivity contribution < 1.29 is 4.79 Å². The summed E-state index contributed by atoms with van der Waals surface area (Å²) < 4.78 is 2.23. The summed E-state index contributed by atoms with van der Waals surface area (Å²) in [5.41, 5.74) is 3.19. The molecule has 1 rings (SSSR count). The highest BCUT2D eigenvalue weighted by molar-refractivity contribution is 5.97. The molecule has 0 aliphatic carbocycles. The summed E-state index contributed by atoms with van der Waals surface area (Å²) in [6.07, 6.45) is 0.641. The second-order valence-corrected chi connectivity index (χ2v) is 5.27. The van der Waals surface area contributed by atoms with E-state index in [4.69, 9.17) is 0 Å². The average molecular weight is 221 g/mol. The number of nitrogens with zero attached hydrogens (tertiary/aromatic N) is 1. The minimum absolute atomic E-state index is 0.273. The lowest BCUT2D eigenvalue weighted by Gasteiger charge is -2.13. The third kappa shape index (κ3) is 2.55. The highest BCUT2D eigenvalue weighted by atomic mass is 16.1. The normalized spacial score (nSPS) is 11.5. The molecule has 0 atom stereocenters. The molecule has 1 aromatic rings. The first-order chi connectivity index (χ1) is 7.34. The van der Waals surface area contributed by atoms with Gasteiger partial charge in [-0.25, -0.2) is 0 Å². The topological polar surface area (TPSA) is 22.0 Å². The molecule has 0 amide bonds. The molecule has 2 nitrogen and oxygen atoms in total. The van der Waals surface area contributed by atoms with Crippen molar-refractivity contribution in [2.45, 2.75) is 54.0 Å². The fourth-order valence-corrected chi connectivity index (χ4v) is 2.33. The predicted molar refractivity (Wildman–Crippen MR) is 68.1 cm³/mol. The maximum atomic E-state index is 12.1. The Morgan fingerprint density at radius 1 is 1.25 bits per heavy atom. The molecule has 0 radical (unpaired) electrons. The number of aromatic nitrogens is 1. The van der Waals surface area contributed by atoms with E-state index in [0.717, 1.165) is 11.3 Å². The molecule has 0 aliphatic heterocycles. The van der Waals surface area contributed by atoms with Crippen LogP contribution in [-0.4, -0.2) is 10.4 Å². The van der Waals surface area contributed by atoms with Gasteiger partial charge in [-0.2, -0.15) is 0 Å². The SMILES string of the molecule is Cc1cc(C(=O)CC(C)C)c(C)n1C(C)C. The number of rotatable bonds is 4. The fourth-order valence-electron chi connectivity index (χ4n) is 2.33. The van der Waals surface area contributed by atoms with Crippen LogP contribution in [0.2, 0.25) is 0 Å². The first kappa shape index (κ1) is 13.0. The van der Waals surface area contributed by atoms with E-state index in [0.29, 0.717) is 18.4 Å². The van der Waals surface area contributed by atoms with Gasteiger partial charge < -0.3 is 4.57 Å². The Labute approximate surface area is 98.7 Å². The van der Waals surface area contributed by atoms with Crippen LogP contribution in [0.15, 0.2) is 6.07 Å². The lowest BCUT2D eigenvalue weighted by Crippen LogP contribution is -2.08. The first-order valence-corrected chi connectivity index (χ1v) is 6.06. The molecule has 0 unspecified atom stereocenters. The summed E-state index contributed by atoms with van der Waals surface area (Å²) in [5, 5.41) is 0. The van der Waals surface area contributed by atoms with Crippen LogP contribution in [0.25, 0.3) is 0 Å². The predicted octanol–water partition coefficient (Wildman–Crippen LogP) is 3.91. The molecular formula is C14H23NO. The monoisotopic (exact) mass is 221 g/mol. The van der Waals surface area contributed by atoms with E-state index in [9.17, 15) is 4.79 Å². The van der Waals surface area contributed by atoms with E-state index in [2.05, 4.69) is 39.2 Å². The molecule has 1 aromatic heterocycles. The molecule has 2 heteroatoms. The van der Waals surface area contributed by atoms with Crippen LogP contribution in [0.4, 0.5) is 0 Å². The van der Waals surface area contributed by atoms with Gasteiger partial charge in [0.25, 0.3) is 0 Å². The molecule has 90 valence electrons. The summed E-state index contributed by atoms with van der Waals surface area (Å²) in [7, 11) is 0. The number of carbonyl (C=O) groups is 1. The maximum absolute atomic E-state index is 12.1. The molecule has 1 heterocycles. The van der Waals surface area contributed by atoms with Crippen LogP contribution in [0.5, 0.6) is 0 Å². The van der Waals surface area contributed by atoms with E-state index < -0.39 is 0 Å². The molecule has 0 aromatic carbocycles. The summed E-state index contributed by atoms with van der Waals surface area (Å²) in [6.45, 7) is 12.6. The van der Waals surface area contributed by atoms with Crippen LogP contribution in [0.3, 0.4) is 0 Å². The van der Waals surface area contributed by atoms with E-state index in [1.807, 2.05) is 13.0 Å². The molecule has 0 bridgehead atoms. The number of aryl methyl sites for hydroxylation is 1. The Bertz CT molecular complexity index is 386. The lowest BCUT2D eigenvalue weighted by molar-refractivity contribution is 0.0967. The third-order valence-corrected chi connectivity index (χ3v) is 2.89. The Balaban J connectivity index is 3.07. The number of Topliss-reactive ketones (excluding diaryl/α,β-unsaturated/α-hetero) is 1. The molecular weight excluding hydrogens is 198 g/mol. The van der Waals surface area contributed by atoms with Crippen molar-refractivity contribution >= 4 is 5.78 Å². The molecule has 0 aliphatic rings. The van der Waals surface area contributed by atoms with Crippen molar-refractivity contribution in [3.8, 4) is 0 Å². The molecule has 16 heavy (non-hydrogen) atoms. The minimum atomic E-state index is 0.273. The quantitative estimate of drug-likeness (QED) is 0.706. The third-order valence-electron chi connectivity index (χ3n) is 2.89. The van der Waals surface area contributed by atoms with Crippen LogP contribution in [0, 0.1) is 19.8 Å². The molecule has 0 saturated carbocycles. The van der Waals surface area contributed by atoms with E-state index in [1.165, 1.54) is 5.69 Å². The van der Waals surface area contributed by atoms with Crippen LogP contribution in [0.1, 0.15) is 61.9 Å². The summed E-state index contributed by atoms with van der Waals surface area (Å²) >= 11 is 0. The standard InChI is InChI=1S/C14H23NO/c1-9(2)7-14(16)13-8-11(5)15(10(3)4)12(13)6/h8-10H,7H2,1-6H3. The van der Waals surface area contributed by atoms with Crippen molar-refractivity contribution in [3.05, 3.63) is 23.0 Å². The van der Waals surface area contributed by atoms with Crippen molar-refractivity contribution in [1.29, 1.82) is 0 Å². The molecule has 0 spiro atoms. The molecule has 0 fully saturated rings. The van der Waals surface area contributed by atoms with Gasteiger partial charge >= 0.3 is 0 Å². The Morgan fingerprint density at radius 2 is 1.81 bits per heavy atom. The second kappa shape index (κ2) is 4.86. The average Bonchev–Trinajstić information content (AvgIpc) is 2.40. The van der Waals surface area contributed by atoms with Gasteiger partial charge in [0, 0.05) is 29.4 Å². The Morgan fingerprint density at radius 3 is 2.19 bits per heavy atom.